The van der Waals surface area contributed by atoms with Crippen molar-refractivity contribution >= 4 is 0 Å². The van der Waals surface area contributed by atoms with Crippen molar-refractivity contribution in [1.82, 2.24) is 0 Å². The van der Waals surface area contributed by atoms with Crippen LogP contribution in [0, 0.1) is 5.92 Å². The number of aliphatic hydroxyl groups is 1. The maximum atomic E-state index is 9.57. The lowest BCUT2D eigenvalue weighted by Gasteiger charge is -2.34. The van der Waals surface area contributed by atoms with Gasteiger partial charge < -0.3 is 19.3 Å². The highest BCUT2D eigenvalue weighted by Gasteiger charge is 2.59. The highest BCUT2D eigenvalue weighted by molar-refractivity contribution is 5.01. The molecule has 4 heteroatoms. The first kappa shape index (κ1) is 12.3. The van der Waals surface area contributed by atoms with Crippen LogP contribution in [0.4, 0.5) is 0 Å². The van der Waals surface area contributed by atoms with Crippen LogP contribution in [0.3, 0.4) is 0 Å². The van der Waals surface area contributed by atoms with Gasteiger partial charge in [-0.1, -0.05) is 13.8 Å². The molecular formula is C12H22O4. The van der Waals surface area contributed by atoms with E-state index in [0.29, 0.717) is 0 Å². The highest BCUT2D eigenvalue weighted by Crippen LogP contribution is 2.48. The smallest absolute Gasteiger partial charge is 0.188 e. The lowest BCUT2D eigenvalue weighted by atomic mass is 9.82. The summed E-state index contributed by atoms with van der Waals surface area (Å²) in [6, 6.07) is 0. The molecule has 16 heavy (non-hydrogen) atoms. The van der Waals surface area contributed by atoms with E-state index in [2.05, 4.69) is 6.92 Å². The average molecular weight is 230 g/mol. The van der Waals surface area contributed by atoms with Crippen LogP contribution >= 0.6 is 0 Å². The van der Waals surface area contributed by atoms with Crippen LogP contribution in [0.2, 0.25) is 0 Å². The van der Waals surface area contributed by atoms with Gasteiger partial charge in [-0.3, -0.25) is 0 Å². The number of hydrogen-bond acceptors (Lipinski definition) is 4. The zero-order valence-electron chi connectivity index (χ0n) is 10.5. The van der Waals surface area contributed by atoms with Crippen molar-refractivity contribution in [3.63, 3.8) is 0 Å². The molecule has 0 aromatic rings. The molecule has 0 spiro atoms. The summed E-state index contributed by atoms with van der Waals surface area (Å²) >= 11 is 0. The molecule has 2 fully saturated rings. The molecule has 2 aliphatic rings. The summed E-state index contributed by atoms with van der Waals surface area (Å²) in [7, 11) is 0. The van der Waals surface area contributed by atoms with Crippen LogP contribution in [0.5, 0.6) is 0 Å². The second kappa shape index (κ2) is 3.95. The van der Waals surface area contributed by atoms with Crippen molar-refractivity contribution in [1.29, 1.82) is 0 Å². The zero-order valence-corrected chi connectivity index (χ0v) is 10.5. The van der Waals surface area contributed by atoms with Crippen molar-refractivity contribution in [2.45, 2.75) is 64.3 Å². The number of aliphatic hydroxyl groups excluding tert-OH is 1. The molecule has 94 valence electrons. The van der Waals surface area contributed by atoms with Gasteiger partial charge in [0.2, 0.25) is 0 Å². The van der Waals surface area contributed by atoms with Gasteiger partial charge in [-0.05, 0) is 26.7 Å². The third kappa shape index (κ3) is 1.68. The quantitative estimate of drug-likeness (QED) is 0.801. The fourth-order valence-electron chi connectivity index (χ4n) is 2.96. The van der Waals surface area contributed by atoms with E-state index in [-0.39, 0.29) is 24.9 Å². The summed E-state index contributed by atoms with van der Waals surface area (Å²) in [5.74, 6) is -0.368. The maximum Gasteiger partial charge on any atom is 0.188 e. The summed E-state index contributed by atoms with van der Waals surface area (Å²) in [6.45, 7) is 7.96. The Labute approximate surface area is 96.9 Å². The Bertz CT molecular complexity index is 260. The average Bonchev–Trinajstić information content (AvgIpc) is 2.66. The first-order valence-electron chi connectivity index (χ1n) is 6.12. The van der Waals surface area contributed by atoms with Crippen LogP contribution in [-0.2, 0) is 14.2 Å². The van der Waals surface area contributed by atoms with E-state index in [1.807, 2.05) is 20.8 Å². The molecule has 0 aromatic heterocycles. The molecule has 0 saturated carbocycles. The van der Waals surface area contributed by atoms with Crippen LogP contribution in [0.25, 0.3) is 0 Å². The normalized spacial score (nSPS) is 45.9. The maximum absolute atomic E-state index is 9.57. The molecule has 2 saturated heterocycles. The molecule has 0 bridgehead atoms. The topological polar surface area (TPSA) is 47.9 Å². The Morgan fingerprint density at radius 2 is 1.81 bits per heavy atom. The SMILES string of the molecule is CC[C@H]1[C@H]2OC(C)(C)O[C@H]2O[C@@]1(CC)CO. The van der Waals surface area contributed by atoms with Gasteiger partial charge in [0.25, 0.3) is 0 Å². The first-order chi connectivity index (χ1) is 7.48. The molecule has 0 aromatic carbocycles. The van der Waals surface area contributed by atoms with E-state index in [1.165, 1.54) is 0 Å². The van der Waals surface area contributed by atoms with Crippen molar-refractivity contribution in [3.8, 4) is 0 Å². The van der Waals surface area contributed by atoms with Gasteiger partial charge in [0, 0.05) is 5.92 Å². The largest absolute Gasteiger partial charge is 0.393 e. The number of hydrogen-bond donors (Lipinski definition) is 1. The molecule has 4 nitrogen and oxygen atoms in total. The number of rotatable bonds is 3. The Morgan fingerprint density at radius 1 is 1.12 bits per heavy atom. The molecule has 0 amide bonds. The minimum absolute atomic E-state index is 0.0299. The molecular weight excluding hydrogens is 208 g/mol. The first-order valence-corrected chi connectivity index (χ1v) is 6.12. The Morgan fingerprint density at radius 3 is 2.31 bits per heavy atom. The Kier molecular flexibility index (Phi) is 3.03. The second-order valence-electron chi connectivity index (χ2n) is 5.18. The summed E-state index contributed by atoms with van der Waals surface area (Å²) in [4.78, 5) is 0. The minimum Gasteiger partial charge on any atom is -0.393 e. The molecule has 0 unspecified atom stereocenters. The van der Waals surface area contributed by atoms with Crippen LogP contribution in [-0.4, -0.2) is 35.5 Å². The summed E-state index contributed by atoms with van der Waals surface area (Å²) in [6.07, 6.45) is 1.33. The van der Waals surface area contributed by atoms with Gasteiger partial charge in [-0.2, -0.15) is 0 Å². The second-order valence-corrected chi connectivity index (χ2v) is 5.18. The van der Waals surface area contributed by atoms with Crippen molar-refractivity contribution in [2.24, 2.45) is 5.92 Å². The fraction of sp³-hybridized carbons (Fsp3) is 1.00. The number of fused-ring (bicyclic) bond motifs is 1. The van der Waals surface area contributed by atoms with Crippen LogP contribution < -0.4 is 0 Å². The van der Waals surface area contributed by atoms with Crippen LogP contribution in [0.15, 0.2) is 0 Å². The molecule has 2 aliphatic heterocycles. The van der Waals surface area contributed by atoms with Crippen molar-refractivity contribution < 1.29 is 19.3 Å². The molecule has 0 radical (unpaired) electrons. The molecule has 2 rings (SSSR count). The molecule has 0 aliphatic carbocycles. The fourth-order valence-corrected chi connectivity index (χ4v) is 2.96. The third-order valence-electron chi connectivity index (χ3n) is 3.82. The zero-order chi connectivity index (χ0) is 12.0. The Hall–Kier alpha value is -0.160. The van der Waals surface area contributed by atoms with Gasteiger partial charge in [-0.15, -0.1) is 0 Å². The molecule has 1 N–H and O–H groups in total. The minimum atomic E-state index is -0.571. The molecule has 2 heterocycles. The predicted octanol–water partition coefficient (Wildman–Crippen LogP) is 1.66. The van der Waals surface area contributed by atoms with E-state index >= 15 is 0 Å². The lowest BCUT2D eigenvalue weighted by Crippen LogP contribution is -2.43. The standard InChI is InChI=1S/C12H22O4/c1-5-8-9-10(15-11(3,4)14-9)16-12(8,6-2)7-13/h8-10,13H,5-7H2,1-4H3/t8-,9+,10-,12-/m0/s1. The monoisotopic (exact) mass is 230 g/mol. The Balaban J connectivity index is 2.21. The van der Waals surface area contributed by atoms with E-state index in [4.69, 9.17) is 14.2 Å². The third-order valence-corrected chi connectivity index (χ3v) is 3.82. The van der Waals surface area contributed by atoms with Gasteiger partial charge in [-0.25, -0.2) is 0 Å². The predicted molar refractivity (Wildman–Crippen MR) is 58.8 cm³/mol. The highest BCUT2D eigenvalue weighted by atomic mass is 16.8. The van der Waals surface area contributed by atoms with Gasteiger partial charge >= 0.3 is 0 Å². The summed E-state index contributed by atoms with van der Waals surface area (Å²) < 4.78 is 17.5. The lowest BCUT2D eigenvalue weighted by molar-refractivity contribution is -0.239. The van der Waals surface area contributed by atoms with Crippen molar-refractivity contribution in [2.75, 3.05) is 6.61 Å². The van der Waals surface area contributed by atoms with E-state index < -0.39 is 11.4 Å². The van der Waals surface area contributed by atoms with Crippen molar-refractivity contribution in [3.05, 3.63) is 0 Å². The van der Waals surface area contributed by atoms with E-state index in [0.717, 1.165) is 12.8 Å². The van der Waals surface area contributed by atoms with Crippen LogP contribution in [0.1, 0.15) is 40.5 Å². The van der Waals surface area contributed by atoms with E-state index in [9.17, 15) is 5.11 Å². The molecule has 4 atom stereocenters. The number of ether oxygens (including phenoxy) is 3. The van der Waals surface area contributed by atoms with Gasteiger partial charge in [0.05, 0.1) is 12.2 Å². The van der Waals surface area contributed by atoms with Gasteiger partial charge in [0.15, 0.2) is 12.1 Å². The van der Waals surface area contributed by atoms with E-state index in [1.54, 1.807) is 0 Å². The van der Waals surface area contributed by atoms with Gasteiger partial charge in [0.1, 0.15) is 6.10 Å². The summed E-state index contributed by atoms with van der Waals surface area (Å²) in [5, 5.41) is 9.57. The summed E-state index contributed by atoms with van der Waals surface area (Å²) in [5.41, 5.74) is -0.486.